The first kappa shape index (κ1) is 76.8. The monoisotopic (exact) mass is 1120 g/mol. The van der Waals surface area contributed by atoms with Gasteiger partial charge < -0.3 is 14.2 Å². The molecule has 0 heterocycles. The summed E-state index contributed by atoms with van der Waals surface area (Å²) in [5, 5.41) is 0. The number of unbranched alkanes of at least 4 members (excludes halogenated alkanes) is 30. The molecule has 1 atom stereocenters. The van der Waals surface area contributed by atoms with Gasteiger partial charge in [-0.15, -0.1) is 0 Å². The number of allylic oxidation sites excluding steroid dienone is 20. The lowest BCUT2D eigenvalue weighted by molar-refractivity contribution is -0.167. The second-order valence-corrected chi connectivity index (χ2v) is 22.3. The van der Waals surface area contributed by atoms with Crippen LogP contribution in [-0.2, 0) is 28.6 Å². The molecule has 6 heteroatoms. The van der Waals surface area contributed by atoms with E-state index >= 15 is 0 Å². The van der Waals surface area contributed by atoms with Crippen LogP contribution < -0.4 is 0 Å². The van der Waals surface area contributed by atoms with Crippen LogP contribution in [0.15, 0.2) is 122 Å². The Kier molecular flexibility index (Phi) is 64.8. The van der Waals surface area contributed by atoms with Crippen LogP contribution in [0.1, 0.15) is 316 Å². The summed E-state index contributed by atoms with van der Waals surface area (Å²) in [5.41, 5.74) is 0. The third kappa shape index (κ3) is 66.5. The molecule has 6 nitrogen and oxygen atoms in total. The fourth-order valence-corrected chi connectivity index (χ4v) is 9.33. The maximum absolute atomic E-state index is 13.0. The second-order valence-electron chi connectivity index (χ2n) is 22.3. The Labute approximate surface area is 501 Å². The lowest BCUT2D eigenvalue weighted by Crippen LogP contribution is -2.30. The van der Waals surface area contributed by atoms with E-state index in [0.717, 1.165) is 141 Å². The van der Waals surface area contributed by atoms with Gasteiger partial charge in [-0.1, -0.05) is 284 Å². The second kappa shape index (κ2) is 68.3. The number of carbonyl (C=O) groups is 3. The van der Waals surface area contributed by atoms with E-state index in [9.17, 15) is 14.4 Å². The maximum atomic E-state index is 13.0. The maximum Gasteiger partial charge on any atom is 0.306 e. The van der Waals surface area contributed by atoms with Crippen LogP contribution in [-0.4, -0.2) is 37.2 Å². The van der Waals surface area contributed by atoms with Crippen LogP contribution in [0.25, 0.3) is 0 Å². The van der Waals surface area contributed by atoms with Gasteiger partial charge in [0.15, 0.2) is 6.10 Å². The number of hydrogen-bond donors (Lipinski definition) is 0. The highest BCUT2D eigenvalue weighted by Gasteiger charge is 2.19. The molecule has 0 spiro atoms. The molecule has 0 aliphatic carbocycles. The van der Waals surface area contributed by atoms with E-state index in [4.69, 9.17) is 14.2 Å². The van der Waals surface area contributed by atoms with Crippen molar-refractivity contribution < 1.29 is 28.6 Å². The third-order valence-electron chi connectivity index (χ3n) is 14.4. The van der Waals surface area contributed by atoms with Crippen LogP contribution in [0.3, 0.4) is 0 Å². The summed E-state index contributed by atoms with van der Waals surface area (Å²) in [6.07, 6.45) is 94.9. The van der Waals surface area contributed by atoms with Gasteiger partial charge >= 0.3 is 17.9 Å². The molecule has 462 valence electrons. The van der Waals surface area contributed by atoms with Gasteiger partial charge in [0.1, 0.15) is 13.2 Å². The number of rotatable bonds is 61. The Morgan fingerprint density at radius 1 is 0.259 bits per heavy atom. The molecule has 0 N–H and O–H groups in total. The average molecular weight is 1120 g/mol. The van der Waals surface area contributed by atoms with Crippen molar-refractivity contribution >= 4 is 17.9 Å². The van der Waals surface area contributed by atoms with Gasteiger partial charge in [-0.3, -0.25) is 14.4 Å². The van der Waals surface area contributed by atoms with Crippen LogP contribution in [0.4, 0.5) is 0 Å². The highest BCUT2D eigenvalue weighted by atomic mass is 16.6. The standard InChI is InChI=1S/C75H126O6/c1-4-7-10-13-16-19-22-25-28-30-32-34-36-37-39-40-42-44-47-50-53-56-59-62-65-68-74(77)80-71-72(70-79-73(76)67-64-61-58-55-52-49-46-27-24-21-18-15-12-9-6-3)81-75(78)69-66-63-60-57-54-51-48-45-43-41-38-35-33-31-29-26-23-20-17-14-11-8-5-2/h7,10,16,18-19,21,23,25-28,31-34,37-39,41,46,72H,4-6,8-9,11-15,17,20,22,24,29-30,35-36,40,42-45,47-71H2,1-3H3/b10-7-,19-16-,21-18-,26-23-,28-25-,33-31-,34-32-,39-37-,41-38-,46-27-. The number of esters is 3. The minimum atomic E-state index is -0.796. The summed E-state index contributed by atoms with van der Waals surface area (Å²) < 4.78 is 17.0. The molecule has 0 aromatic heterocycles. The molecule has 0 saturated heterocycles. The first-order chi connectivity index (χ1) is 40.0. The Hall–Kier alpha value is -4.19. The summed E-state index contributed by atoms with van der Waals surface area (Å²) in [6.45, 7) is 6.49. The molecule has 0 saturated carbocycles. The van der Waals surface area contributed by atoms with Crippen molar-refractivity contribution in [1.29, 1.82) is 0 Å². The van der Waals surface area contributed by atoms with E-state index in [-0.39, 0.29) is 31.1 Å². The molecular weight excluding hydrogens is 997 g/mol. The number of carbonyl (C=O) groups excluding carboxylic acids is 3. The molecule has 0 aliphatic heterocycles. The topological polar surface area (TPSA) is 78.9 Å². The third-order valence-corrected chi connectivity index (χ3v) is 14.4. The van der Waals surface area contributed by atoms with Crippen LogP contribution in [0.2, 0.25) is 0 Å². The zero-order valence-electron chi connectivity index (χ0n) is 53.0. The Balaban J connectivity index is 4.40. The minimum absolute atomic E-state index is 0.0906. The molecule has 0 amide bonds. The molecule has 0 aromatic rings. The van der Waals surface area contributed by atoms with Crippen molar-refractivity contribution in [2.45, 2.75) is 322 Å². The molecule has 0 radical (unpaired) electrons. The quantitative estimate of drug-likeness (QED) is 0.0261. The first-order valence-electron chi connectivity index (χ1n) is 34.0. The molecule has 1 unspecified atom stereocenters. The van der Waals surface area contributed by atoms with Gasteiger partial charge in [-0.05, 0) is 135 Å². The number of hydrogen-bond acceptors (Lipinski definition) is 6. The molecule has 81 heavy (non-hydrogen) atoms. The van der Waals surface area contributed by atoms with Crippen LogP contribution >= 0.6 is 0 Å². The summed E-state index contributed by atoms with van der Waals surface area (Å²) >= 11 is 0. The lowest BCUT2D eigenvalue weighted by Gasteiger charge is -2.18. The van der Waals surface area contributed by atoms with Crippen molar-refractivity contribution in [3.63, 3.8) is 0 Å². The van der Waals surface area contributed by atoms with Gasteiger partial charge in [0, 0.05) is 19.3 Å². The Bertz CT molecular complexity index is 1670. The Morgan fingerprint density at radius 2 is 0.481 bits per heavy atom. The van der Waals surface area contributed by atoms with E-state index in [1.807, 2.05) is 0 Å². The van der Waals surface area contributed by atoms with Crippen molar-refractivity contribution in [3.8, 4) is 0 Å². The minimum Gasteiger partial charge on any atom is -0.462 e. The Morgan fingerprint density at radius 3 is 0.778 bits per heavy atom. The van der Waals surface area contributed by atoms with Crippen molar-refractivity contribution in [2.24, 2.45) is 0 Å². The van der Waals surface area contributed by atoms with E-state index in [1.54, 1.807) is 0 Å². The van der Waals surface area contributed by atoms with E-state index in [1.165, 1.54) is 135 Å². The van der Waals surface area contributed by atoms with Gasteiger partial charge in [-0.2, -0.15) is 0 Å². The van der Waals surface area contributed by atoms with Crippen molar-refractivity contribution in [3.05, 3.63) is 122 Å². The van der Waals surface area contributed by atoms with E-state index in [0.29, 0.717) is 19.3 Å². The van der Waals surface area contributed by atoms with E-state index in [2.05, 4.69) is 142 Å². The summed E-state index contributed by atoms with van der Waals surface area (Å²) in [7, 11) is 0. The normalized spacial score (nSPS) is 12.9. The van der Waals surface area contributed by atoms with Crippen LogP contribution in [0, 0.1) is 0 Å². The molecule has 0 aliphatic rings. The fraction of sp³-hybridized carbons (Fsp3) is 0.693. The SMILES string of the molecule is CC/C=C\C/C=C\C/C=C\C/C=C\C/C=C\CCCCCCCCCCCC(=O)OCC(COC(=O)CCCCCCC/C=C\C/C=C\CCCCC)OC(=O)CCCCCCCCCC/C=C\C/C=C\C/C=C\CCCCCCC. The van der Waals surface area contributed by atoms with Gasteiger partial charge in [0.25, 0.3) is 0 Å². The number of ether oxygens (including phenoxy) is 3. The predicted molar refractivity (Wildman–Crippen MR) is 353 cm³/mol. The van der Waals surface area contributed by atoms with Crippen molar-refractivity contribution in [2.75, 3.05) is 13.2 Å². The smallest absolute Gasteiger partial charge is 0.306 e. The molecule has 0 aromatic carbocycles. The van der Waals surface area contributed by atoms with Gasteiger partial charge in [0.05, 0.1) is 0 Å². The highest BCUT2D eigenvalue weighted by Crippen LogP contribution is 2.16. The zero-order chi connectivity index (χ0) is 58.5. The first-order valence-corrected chi connectivity index (χ1v) is 34.0. The largest absolute Gasteiger partial charge is 0.462 e. The van der Waals surface area contributed by atoms with Gasteiger partial charge in [-0.25, -0.2) is 0 Å². The fourth-order valence-electron chi connectivity index (χ4n) is 9.33. The molecule has 0 fully saturated rings. The van der Waals surface area contributed by atoms with Crippen LogP contribution in [0.5, 0.6) is 0 Å². The predicted octanol–water partition coefficient (Wildman–Crippen LogP) is 23.6. The molecule has 0 bridgehead atoms. The van der Waals surface area contributed by atoms with E-state index < -0.39 is 6.10 Å². The van der Waals surface area contributed by atoms with Crippen molar-refractivity contribution in [1.82, 2.24) is 0 Å². The summed E-state index contributed by atoms with van der Waals surface area (Å²) in [6, 6.07) is 0. The highest BCUT2D eigenvalue weighted by molar-refractivity contribution is 5.71. The summed E-state index contributed by atoms with van der Waals surface area (Å²) in [4.78, 5) is 38.4. The summed E-state index contributed by atoms with van der Waals surface area (Å²) in [5.74, 6) is -0.909. The average Bonchev–Trinajstić information content (AvgIpc) is 3.47. The lowest BCUT2D eigenvalue weighted by atomic mass is 10.1. The van der Waals surface area contributed by atoms with Gasteiger partial charge in [0.2, 0.25) is 0 Å². The zero-order valence-corrected chi connectivity index (χ0v) is 53.0. The molecular formula is C75H126O6. The molecule has 0 rings (SSSR count).